The average Bonchev–Trinajstić information content (AvgIpc) is 2.28. The minimum Gasteiger partial charge on any atom is -0.469 e. The van der Waals surface area contributed by atoms with Crippen LogP contribution in [0.3, 0.4) is 0 Å². The number of rotatable bonds is 6. The lowest BCUT2D eigenvalue weighted by molar-refractivity contribution is -0.149. The fourth-order valence-electron chi connectivity index (χ4n) is 2.02. The van der Waals surface area contributed by atoms with Gasteiger partial charge in [-0.2, -0.15) is 0 Å². The Kier molecular flexibility index (Phi) is 7.75. The van der Waals surface area contributed by atoms with Crippen molar-refractivity contribution in [3.05, 3.63) is 0 Å². The number of esters is 1. The van der Waals surface area contributed by atoms with E-state index in [1.165, 1.54) is 7.11 Å². The molecule has 0 rings (SSSR count). The summed E-state index contributed by atoms with van der Waals surface area (Å²) in [7, 11) is 1.42. The fraction of sp³-hybridized carbons (Fsp3) is 0.875. The first-order valence-corrected chi connectivity index (χ1v) is 7.52. The first kappa shape index (κ1) is 19.7. The Labute approximate surface area is 128 Å². The predicted molar refractivity (Wildman–Crippen MR) is 83.0 cm³/mol. The maximum Gasteiger partial charge on any atom is 0.407 e. The third kappa shape index (κ3) is 9.32. The molecule has 0 aromatic rings. The average molecular weight is 301 g/mol. The Balaban J connectivity index is 4.02. The van der Waals surface area contributed by atoms with E-state index in [4.69, 9.17) is 9.47 Å². The largest absolute Gasteiger partial charge is 0.469 e. The van der Waals surface area contributed by atoms with E-state index in [0.717, 1.165) is 19.3 Å². The van der Waals surface area contributed by atoms with Crippen molar-refractivity contribution in [3.63, 3.8) is 0 Å². The third-order valence-corrected chi connectivity index (χ3v) is 3.12. The Morgan fingerprint density at radius 1 is 1.05 bits per heavy atom. The summed E-state index contributed by atoms with van der Waals surface area (Å²) < 4.78 is 10.0. The van der Waals surface area contributed by atoms with E-state index < -0.39 is 11.7 Å². The maximum atomic E-state index is 11.8. The number of hydrogen-bond donors (Lipinski definition) is 1. The number of methoxy groups -OCH3 is 1. The van der Waals surface area contributed by atoms with Gasteiger partial charge in [0.05, 0.1) is 13.0 Å². The minimum atomic E-state index is -0.480. The summed E-state index contributed by atoms with van der Waals surface area (Å²) >= 11 is 0. The van der Waals surface area contributed by atoms with Crippen molar-refractivity contribution in [2.45, 2.75) is 66.4 Å². The van der Waals surface area contributed by atoms with Gasteiger partial charge in [-0.25, -0.2) is 4.79 Å². The predicted octanol–water partition coefficient (Wildman–Crippen LogP) is 3.52. The van der Waals surface area contributed by atoms with E-state index in [2.05, 4.69) is 5.32 Å². The lowest BCUT2D eigenvalue weighted by Gasteiger charge is -2.28. The monoisotopic (exact) mass is 301 g/mol. The number of carbonyl (C=O) groups is 2. The summed E-state index contributed by atoms with van der Waals surface area (Å²) in [6, 6.07) is 0. The Bertz CT molecular complexity index is 339. The topological polar surface area (TPSA) is 64.6 Å². The quantitative estimate of drug-likeness (QED) is 0.602. The third-order valence-electron chi connectivity index (χ3n) is 3.12. The highest BCUT2D eigenvalue weighted by molar-refractivity contribution is 5.73. The lowest BCUT2D eigenvalue weighted by atomic mass is 9.78. The van der Waals surface area contributed by atoms with E-state index in [9.17, 15) is 9.59 Å². The second-order valence-electron chi connectivity index (χ2n) is 7.37. The zero-order chi connectivity index (χ0) is 16.7. The van der Waals surface area contributed by atoms with E-state index in [1.54, 1.807) is 0 Å². The molecule has 0 spiro atoms. The number of unbranched alkanes of at least 4 members (excludes halogenated alkanes) is 1. The van der Waals surface area contributed by atoms with Crippen LogP contribution in [0.4, 0.5) is 4.79 Å². The van der Waals surface area contributed by atoms with E-state index in [0.29, 0.717) is 6.54 Å². The van der Waals surface area contributed by atoms with Gasteiger partial charge in [0.2, 0.25) is 0 Å². The van der Waals surface area contributed by atoms with Crippen LogP contribution in [0.1, 0.15) is 60.8 Å². The van der Waals surface area contributed by atoms with Crippen LogP contribution in [0.15, 0.2) is 0 Å². The zero-order valence-electron chi connectivity index (χ0n) is 14.5. The highest BCUT2D eigenvalue weighted by atomic mass is 16.6. The minimum absolute atomic E-state index is 0.119. The van der Waals surface area contributed by atoms with Gasteiger partial charge in [-0.05, 0) is 39.0 Å². The summed E-state index contributed by atoms with van der Waals surface area (Å²) in [5.41, 5.74) is -0.599. The van der Waals surface area contributed by atoms with Gasteiger partial charge in [-0.3, -0.25) is 4.79 Å². The van der Waals surface area contributed by atoms with Crippen molar-refractivity contribution < 1.29 is 19.1 Å². The lowest BCUT2D eigenvalue weighted by Crippen LogP contribution is -2.33. The van der Waals surface area contributed by atoms with Crippen LogP contribution >= 0.6 is 0 Å². The number of ether oxygens (including phenoxy) is 2. The SMILES string of the molecule is COC(=O)C(CCCCNC(=O)OC(C)(C)C)C(C)(C)C. The summed E-state index contributed by atoms with van der Waals surface area (Å²) in [4.78, 5) is 23.2. The summed E-state index contributed by atoms with van der Waals surface area (Å²) in [5, 5.41) is 2.72. The number of hydrogen-bond acceptors (Lipinski definition) is 4. The molecule has 1 N–H and O–H groups in total. The second-order valence-corrected chi connectivity index (χ2v) is 7.37. The molecule has 0 aliphatic rings. The Morgan fingerprint density at radius 2 is 1.62 bits per heavy atom. The molecule has 1 amide bonds. The van der Waals surface area contributed by atoms with Crippen molar-refractivity contribution in [3.8, 4) is 0 Å². The number of carbonyl (C=O) groups excluding carboxylic acids is 2. The first-order valence-electron chi connectivity index (χ1n) is 7.52. The zero-order valence-corrected chi connectivity index (χ0v) is 14.5. The van der Waals surface area contributed by atoms with Crippen molar-refractivity contribution in [1.82, 2.24) is 5.32 Å². The van der Waals surface area contributed by atoms with E-state index in [-0.39, 0.29) is 17.3 Å². The van der Waals surface area contributed by atoms with Gasteiger partial charge in [-0.15, -0.1) is 0 Å². The van der Waals surface area contributed by atoms with Crippen LogP contribution in [-0.2, 0) is 14.3 Å². The van der Waals surface area contributed by atoms with Crippen LogP contribution in [0, 0.1) is 11.3 Å². The molecule has 0 radical (unpaired) electrons. The van der Waals surface area contributed by atoms with Gasteiger partial charge in [-0.1, -0.05) is 27.2 Å². The Hall–Kier alpha value is -1.26. The normalized spacial score (nSPS) is 13.5. The molecule has 0 heterocycles. The van der Waals surface area contributed by atoms with Gasteiger partial charge in [0.25, 0.3) is 0 Å². The van der Waals surface area contributed by atoms with Crippen molar-refractivity contribution in [2.24, 2.45) is 11.3 Å². The van der Waals surface area contributed by atoms with Gasteiger partial charge in [0.1, 0.15) is 5.60 Å². The summed E-state index contributed by atoms with van der Waals surface area (Å²) in [6.45, 7) is 12.1. The van der Waals surface area contributed by atoms with Crippen molar-refractivity contribution in [1.29, 1.82) is 0 Å². The van der Waals surface area contributed by atoms with Crippen molar-refractivity contribution >= 4 is 12.1 Å². The number of amides is 1. The molecule has 5 heteroatoms. The van der Waals surface area contributed by atoms with Crippen LogP contribution in [0.5, 0.6) is 0 Å². The number of alkyl carbamates (subject to hydrolysis) is 1. The molecule has 0 fully saturated rings. The van der Waals surface area contributed by atoms with Gasteiger partial charge >= 0.3 is 12.1 Å². The van der Waals surface area contributed by atoms with E-state index in [1.807, 2.05) is 41.5 Å². The molecule has 0 aromatic carbocycles. The van der Waals surface area contributed by atoms with Gasteiger partial charge < -0.3 is 14.8 Å². The highest BCUT2D eigenvalue weighted by Crippen LogP contribution is 2.31. The molecular formula is C16H31NO4. The molecule has 0 saturated carbocycles. The smallest absolute Gasteiger partial charge is 0.407 e. The first-order chi connectivity index (χ1) is 9.47. The standard InChI is InChI=1S/C16H31NO4/c1-15(2,3)12(13(18)20-7)10-8-9-11-17-14(19)21-16(4,5)6/h12H,8-11H2,1-7H3,(H,17,19). The maximum absolute atomic E-state index is 11.8. The van der Waals surface area contributed by atoms with Gasteiger partial charge in [0, 0.05) is 6.54 Å². The highest BCUT2D eigenvalue weighted by Gasteiger charge is 2.31. The molecule has 0 aliphatic carbocycles. The molecule has 1 unspecified atom stereocenters. The van der Waals surface area contributed by atoms with Crippen LogP contribution in [-0.4, -0.2) is 31.3 Å². The van der Waals surface area contributed by atoms with Crippen LogP contribution in [0.2, 0.25) is 0 Å². The van der Waals surface area contributed by atoms with E-state index >= 15 is 0 Å². The van der Waals surface area contributed by atoms with Crippen LogP contribution in [0.25, 0.3) is 0 Å². The summed E-state index contributed by atoms with van der Waals surface area (Å²) in [5.74, 6) is -0.286. The summed E-state index contributed by atoms with van der Waals surface area (Å²) in [6.07, 6.45) is 2.02. The molecule has 0 aromatic heterocycles. The molecule has 21 heavy (non-hydrogen) atoms. The molecule has 0 saturated heterocycles. The Morgan fingerprint density at radius 3 is 2.05 bits per heavy atom. The molecule has 124 valence electrons. The number of nitrogens with one attached hydrogen (secondary N) is 1. The van der Waals surface area contributed by atoms with Gasteiger partial charge in [0.15, 0.2) is 0 Å². The molecular weight excluding hydrogens is 270 g/mol. The second kappa shape index (κ2) is 8.25. The van der Waals surface area contributed by atoms with Crippen LogP contribution < -0.4 is 5.32 Å². The fourth-order valence-corrected chi connectivity index (χ4v) is 2.02. The molecule has 0 aliphatic heterocycles. The molecule has 0 bridgehead atoms. The molecule has 5 nitrogen and oxygen atoms in total. The molecule has 1 atom stereocenters. The van der Waals surface area contributed by atoms with Crippen molar-refractivity contribution in [2.75, 3.05) is 13.7 Å².